The number of pyridine rings is 1. The maximum Gasteiger partial charge on any atom is 0.134 e. The molecule has 0 amide bonds. The highest BCUT2D eigenvalue weighted by Crippen LogP contribution is 2.28. The SMILES string of the molecule is CCCCCCCOc1c(CN)cnc2ccccc12. The molecule has 0 saturated heterocycles. The molecule has 0 saturated carbocycles. The van der Waals surface area contributed by atoms with Gasteiger partial charge in [0.15, 0.2) is 0 Å². The zero-order valence-electron chi connectivity index (χ0n) is 12.3. The lowest BCUT2D eigenvalue weighted by Crippen LogP contribution is -2.05. The molecule has 108 valence electrons. The maximum atomic E-state index is 6.00. The van der Waals surface area contributed by atoms with Crippen LogP contribution in [0.15, 0.2) is 30.5 Å². The van der Waals surface area contributed by atoms with Crippen molar-refractivity contribution in [1.29, 1.82) is 0 Å². The van der Waals surface area contributed by atoms with Gasteiger partial charge in [0, 0.05) is 23.7 Å². The minimum absolute atomic E-state index is 0.461. The van der Waals surface area contributed by atoms with Crippen molar-refractivity contribution < 1.29 is 4.74 Å². The quantitative estimate of drug-likeness (QED) is 0.738. The van der Waals surface area contributed by atoms with Gasteiger partial charge in [-0.25, -0.2) is 0 Å². The van der Waals surface area contributed by atoms with E-state index in [1.54, 1.807) is 0 Å². The first-order valence-electron chi connectivity index (χ1n) is 7.56. The number of nitrogens with two attached hydrogens (primary N) is 1. The van der Waals surface area contributed by atoms with Crippen molar-refractivity contribution in [3.8, 4) is 5.75 Å². The summed E-state index contributed by atoms with van der Waals surface area (Å²) in [6, 6.07) is 8.06. The molecule has 3 heteroatoms. The van der Waals surface area contributed by atoms with Crippen LogP contribution in [0.4, 0.5) is 0 Å². The maximum absolute atomic E-state index is 6.00. The summed E-state index contributed by atoms with van der Waals surface area (Å²) in [5, 5.41) is 1.06. The van der Waals surface area contributed by atoms with Crippen molar-refractivity contribution in [2.75, 3.05) is 6.61 Å². The summed E-state index contributed by atoms with van der Waals surface area (Å²) in [5.41, 5.74) is 7.74. The Morgan fingerprint density at radius 1 is 1.10 bits per heavy atom. The highest BCUT2D eigenvalue weighted by Gasteiger charge is 2.08. The first-order chi connectivity index (χ1) is 9.86. The number of nitrogens with zero attached hydrogens (tertiary/aromatic N) is 1. The fourth-order valence-electron chi connectivity index (χ4n) is 2.35. The van der Waals surface area contributed by atoms with Gasteiger partial charge in [-0.05, 0) is 18.6 Å². The number of hydrogen-bond acceptors (Lipinski definition) is 3. The fraction of sp³-hybridized carbons (Fsp3) is 0.471. The van der Waals surface area contributed by atoms with Crippen LogP contribution in [0.1, 0.15) is 44.6 Å². The molecule has 2 N–H and O–H groups in total. The first kappa shape index (κ1) is 14.8. The third-order valence-electron chi connectivity index (χ3n) is 3.51. The number of aromatic nitrogens is 1. The standard InChI is InChI=1S/C17H24N2O/c1-2-3-4-5-8-11-20-17-14(12-18)13-19-16-10-7-6-9-15(16)17/h6-7,9-10,13H,2-5,8,11-12,18H2,1H3. The van der Waals surface area contributed by atoms with Crippen molar-refractivity contribution in [2.24, 2.45) is 5.73 Å². The summed E-state index contributed by atoms with van der Waals surface area (Å²) >= 11 is 0. The molecule has 0 radical (unpaired) electrons. The summed E-state index contributed by atoms with van der Waals surface area (Å²) in [6.45, 7) is 3.45. The number of hydrogen-bond donors (Lipinski definition) is 1. The summed E-state index contributed by atoms with van der Waals surface area (Å²) in [6.07, 6.45) is 8.03. The normalized spacial score (nSPS) is 10.9. The smallest absolute Gasteiger partial charge is 0.134 e. The van der Waals surface area contributed by atoms with Crippen LogP contribution in [-0.4, -0.2) is 11.6 Å². The van der Waals surface area contributed by atoms with Gasteiger partial charge in [0.1, 0.15) is 5.75 Å². The van der Waals surface area contributed by atoms with Crippen LogP contribution in [0, 0.1) is 0 Å². The molecule has 0 unspecified atom stereocenters. The van der Waals surface area contributed by atoms with Gasteiger partial charge in [0.05, 0.1) is 12.1 Å². The third kappa shape index (κ3) is 3.70. The van der Waals surface area contributed by atoms with Gasteiger partial charge in [0.2, 0.25) is 0 Å². The largest absolute Gasteiger partial charge is 0.492 e. The van der Waals surface area contributed by atoms with E-state index >= 15 is 0 Å². The second-order valence-corrected chi connectivity index (χ2v) is 5.10. The molecule has 3 nitrogen and oxygen atoms in total. The molecule has 0 aliphatic rings. The van der Waals surface area contributed by atoms with E-state index in [1.165, 1.54) is 25.7 Å². The Hall–Kier alpha value is -1.61. The Labute approximate surface area is 121 Å². The molecule has 2 aromatic rings. The zero-order valence-corrected chi connectivity index (χ0v) is 12.3. The van der Waals surface area contributed by atoms with Crippen molar-refractivity contribution in [1.82, 2.24) is 4.98 Å². The predicted octanol–water partition coefficient (Wildman–Crippen LogP) is 4.04. The van der Waals surface area contributed by atoms with Crippen molar-refractivity contribution in [3.63, 3.8) is 0 Å². The molecular weight excluding hydrogens is 248 g/mol. The van der Waals surface area contributed by atoms with Crippen LogP contribution in [0.2, 0.25) is 0 Å². The monoisotopic (exact) mass is 272 g/mol. The Balaban J connectivity index is 2.03. The topological polar surface area (TPSA) is 48.1 Å². The van der Waals surface area contributed by atoms with Gasteiger partial charge in [-0.1, -0.05) is 44.7 Å². The molecule has 0 bridgehead atoms. The van der Waals surface area contributed by atoms with Crippen LogP contribution in [0.25, 0.3) is 10.9 Å². The molecule has 0 aliphatic heterocycles. The Morgan fingerprint density at radius 2 is 1.90 bits per heavy atom. The van der Waals surface area contributed by atoms with Crippen LogP contribution in [-0.2, 0) is 6.54 Å². The van der Waals surface area contributed by atoms with E-state index in [-0.39, 0.29) is 0 Å². The van der Waals surface area contributed by atoms with Gasteiger partial charge < -0.3 is 10.5 Å². The van der Waals surface area contributed by atoms with Gasteiger partial charge in [0.25, 0.3) is 0 Å². The number of unbranched alkanes of at least 4 members (excludes halogenated alkanes) is 4. The molecule has 2 rings (SSSR count). The number of para-hydroxylation sites is 1. The van der Waals surface area contributed by atoms with Gasteiger partial charge in [-0.15, -0.1) is 0 Å². The Bertz CT molecular complexity index is 540. The Morgan fingerprint density at radius 3 is 2.70 bits per heavy atom. The predicted molar refractivity (Wildman–Crippen MR) is 83.9 cm³/mol. The summed E-state index contributed by atoms with van der Waals surface area (Å²) in [5.74, 6) is 0.911. The second kappa shape index (κ2) is 7.85. The zero-order chi connectivity index (χ0) is 14.2. The van der Waals surface area contributed by atoms with Crippen LogP contribution < -0.4 is 10.5 Å². The highest BCUT2D eigenvalue weighted by molar-refractivity contribution is 5.86. The van der Waals surface area contributed by atoms with E-state index in [0.717, 1.165) is 35.2 Å². The van der Waals surface area contributed by atoms with E-state index < -0.39 is 0 Å². The molecule has 20 heavy (non-hydrogen) atoms. The molecule has 0 fully saturated rings. The van der Waals surface area contributed by atoms with E-state index in [1.807, 2.05) is 30.5 Å². The van der Waals surface area contributed by atoms with Gasteiger partial charge in [-0.2, -0.15) is 0 Å². The molecule has 1 aromatic heterocycles. The lowest BCUT2D eigenvalue weighted by molar-refractivity contribution is 0.305. The van der Waals surface area contributed by atoms with E-state index in [9.17, 15) is 0 Å². The lowest BCUT2D eigenvalue weighted by Gasteiger charge is -2.13. The van der Waals surface area contributed by atoms with Gasteiger partial charge >= 0.3 is 0 Å². The number of ether oxygens (including phenoxy) is 1. The Kier molecular flexibility index (Phi) is 5.81. The van der Waals surface area contributed by atoms with Crippen molar-refractivity contribution in [2.45, 2.75) is 45.6 Å². The third-order valence-corrected chi connectivity index (χ3v) is 3.51. The van der Waals surface area contributed by atoms with Crippen LogP contribution in [0.5, 0.6) is 5.75 Å². The number of fused-ring (bicyclic) bond motifs is 1. The molecule has 1 aromatic carbocycles. The summed E-state index contributed by atoms with van der Waals surface area (Å²) < 4.78 is 6.00. The number of benzene rings is 1. The van der Waals surface area contributed by atoms with E-state index in [2.05, 4.69) is 11.9 Å². The van der Waals surface area contributed by atoms with Crippen LogP contribution in [0.3, 0.4) is 0 Å². The number of rotatable bonds is 8. The van der Waals surface area contributed by atoms with E-state index in [0.29, 0.717) is 6.54 Å². The lowest BCUT2D eigenvalue weighted by atomic mass is 10.1. The summed E-state index contributed by atoms with van der Waals surface area (Å²) in [7, 11) is 0. The molecule has 0 atom stereocenters. The average molecular weight is 272 g/mol. The molecule has 0 spiro atoms. The summed E-state index contributed by atoms with van der Waals surface area (Å²) in [4.78, 5) is 4.42. The minimum atomic E-state index is 0.461. The second-order valence-electron chi connectivity index (χ2n) is 5.10. The average Bonchev–Trinajstić information content (AvgIpc) is 2.50. The molecule has 0 aliphatic carbocycles. The molecular formula is C17H24N2O. The molecule has 1 heterocycles. The van der Waals surface area contributed by atoms with Crippen molar-refractivity contribution >= 4 is 10.9 Å². The highest BCUT2D eigenvalue weighted by atomic mass is 16.5. The van der Waals surface area contributed by atoms with E-state index in [4.69, 9.17) is 10.5 Å². The van der Waals surface area contributed by atoms with Crippen LogP contribution >= 0.6 is 0 Å². The van der Waals surface area contributed by atoms with Gasteiger partial charge in [-0.3, -0.25) is 4.98 Å². The fourth-order valence-corrected chi connectivity index (χ4v) is 2.35. The van der Waals surface area contributed by atoms with Crippen molar-refractivity contribution in [3.05, 3.63) is 36.0 Å². The minimum Gasteiger partial charge on any atom is -0.492 e. The first-order valence-corrected chi connectivity index (χ1v) is 7.56.